The molecule has 0 bridgehead atoms. The number of pyridine rings is 1. The van der Waals surface area contributed by atoms with E-state index in [2.05, 4.69) is 0 Å². The highest BCUT2D eigenvalue weighted by Gasteiger charge is 2.17. The molecule has 0 saturated carbocycles. The van der Waals surface area contributed by atoms with E-state index in [1.54, 1.807) is 6.20 Å². The largest absolute Gasteiger partial charge is 0.462 e. The van der Waals surface area contributed by atoms with Crippen LogP contribution in [0.2, 0.25) is 0 Å². The Morgan fingerprint density at radius 1 is 1.04 bits per heavy atom. The van der Waals surface area contributed by atoms with Crippen molar-refractivity contribution in [2.45, 2.75) is 6.92 Å². The standard InChI is InChI=1S/C20H16N2O2/c1-2-24-20(23)16-13-22(18-10-6-4-8-15(16)18)19-12-11-14-7-3-5-9-17(14)21-19/h3-13H,2H2,1H3. The Balaban J connectivity index is 1.93. The van der Waals surface area contributed by atoms with Gasteiger partial charge in [-0.25, -0.2) is 9.78 Å². The molecule has 4 heteroatoms. The summed E-state index contributed by atoms with van der Waals surface area (Å²) in [5.74, 6) is 0.466. The van der Waals surface area contributed by atoms with Crippen LogP contribution in [0.5, 0.6) is 0 Å². The molecule has 0 fully saturated rings. The number of carbonyl (C=O) groups excluding carboxylic acids is 1. The molecular weight excluding hydrogens is 300 g/mol. The Morgan fingerprint density at radius 2 is 1.83 bits per heavy atom. The van der Waals surface area contributed by atoms with E-state index in [0.29, 0.717) is 12.2 Å². The van der Waals surface area contributed by atoms with E-state index < -0.39 is 0 Å². The first kappa shape index (κ1) is 14.5. The lowest BCUT2D eigenvalue weighted by Gasteiger charge is -2.05. The molecule has 4 rings (SSSR count). The van der Waals surface area contributed by atoms with Crippen molar-refractivity contribution in [2.24, 2.45) is 0 Å². The van der Waals surface area contributed by atoms with E-state index in [0.717, 1.165) is 27.6 Å². The maximum Gasteiger partial charge on any atom is 0.340 e. The average molecular weight is 316 g/mol. The van der Waals surface area contributed by atoms with E-state index in [1.165, 1.54) is 0 Å². The summed E-state index contributed by atoms with van der Waals surface area (Å²) in [4.78, 5) is 17.0. The highest BCUT2D eigenvalue weighted by Crippen LogP contribution is 2.25. The summed E-state index contributed by atoms with van der Waals surface area (Å²) in [5, 5.41) is 1.95. The lowest BCUT2D eigenvalue weighted by Crippen LogP contribution is -2.03. The number of hydrogen-bond donors (Lipinski definition) is 0. The van der Waals surface area contributed by atoms with Gasteiger partial charge in [-0.05, 0) is 31.2 Å². The van der Waals surface area contributed by atoms with Crippen LogP contribution in [0, 0.1) is 0 Å². The van der Waals surface area contributed by atoms with Crippen LogP contribution < -0.4 is 0 Å². The molecular formula is C20H16N2O2. The number of benzene rings is 2. The lowest BCUT2D eigenvalue weighted by atomic mass is 10.2. The molecule has 24 heavy (non-hydrogen) atoms. The average Bonchev–Trinajstić information content (AvgIpc) is 3.01. The number of fused-ring (bicyclic) bond motifs is 2. The summed E-state index contributed by atoms with van der Waals surface area (Å²) in [6.45, 7) is 2.16. The van der Waals surface area contributed by atoms with Crippen LogP contribution >= 0.6 is 0 Å². The fraction of sp³-hybridized carbons (Fsp3) is 0.100. The second-order valence-electron chi connectivity index (χ2n) is 5.51. The number of esters is 1. The zero-order chi connectivity index (χ0) is 16.5. The molecule has 0 aliphatic carbocycles. The molecule has 2 aromatic carbocycles. The normalized spacial score (nSPS) is 11.0. The van der Waals surface area contributed by atoms with Crippen molar-refractivity contribution in [3.8, 4) is 5.82 Å². The summed E-state index contributed by atoms with van der Waals surface area (Å²) >= 11 is 0. The molecule has 0 aliphatic rings. The third-order valence-electron chi connectivity index (χ3n) is 4.04. The molecule has 4 aromatic rings. The topological polar surface area (TPSA) is 44.1 Å². The fourth-order valence-electron chi connectivity index (χ4n) is 2.93. The Kier molecular flexibility index (Phi) is 3.50. The van der Waals surface area contributed by atoms with Gasteiger partial charge in [-0.3, -0.25) is 0 Å². The fourth-order valence-corrected chi connectivity index (χ4v) is 2.93. The predicted octanol–water partition coefficient (Wildman–Crippen LogP) is 4.36. The molecule has 2 aromatic heterocycles. The molecule has 0 N–H and O–H groups in total. The quantitative estimate of drug-likeness (QED) is 0.528. The van der Waals surface area contributed by atoms with Gasteiger partial charge in [-0.15, -0.1) is 0 Å². The number of hydrogen-bond acceptors (Lipinski definition) is 3. The van der Waals surface area contributed by atoms with Crippen LogP contribution in [-0.2, 0) is 4.74 Å². The lowest BCUT2D eigenvalue weighted by molar-refractivity contribution is 0.0528. The van der Waals surface area contributed by atoms with E-state index >= 15 is 0 Å². The van der Waals surface area contributed by atoms with Crippen LogP contribution in [-0.4, -0.2) is 22.1 Å². The zero-order valence-corrected chi connectivity index (χ0v) is 13.3. The van der Waals surface area contributed by atoms with E-state index in [-0.39, 0.29) is 5.97 Å². The monoisotopic (exact) mass is 316 g/mol. The molecule has 0 spiro atoms. The SMILES string of the molecule is CCOC(=O)c1cn(-c2ccc3ccccc3n2)c2ccccc12. The highest BCUT2D eigenvalue weighted by atomic mass is 16.5. The van der Waals surface area contributed by atoms with Crippen molar-refractivity contribution >= 4 is 27.8 Å². The van der Waals surface area contributed by atoms with Crippen molar-refractivity contribution in [3.05, 3.63) is 72.4 Å². The van der Waals surface area contributed by atoms with Gasteiger partial charge in [0.15, 0.2) is 0 Å². The minimum Gasteiger partial charge on any atom is -0.462 e. The van der Waals surface area contributed by atoms with Crippen molar-refractivity contribution in [1.29, 1.82) is 0 Å². The number of aromatic nitrogens is 2. The third-order valence-corrected chi connectivity index (χ3v) is 4.04. The molecule has 4 nitrogen and oxygen atoms in total. The Labute approximate surface area is 139 Å². The molecule has 0 saturated heterocycles. The van der Waals surface area contributed by atoms with E-state index in [4.69, 9.17) is 9.72 Å². The molecule has 118 valence electrons. The Bertz CT molecular complexity index is 1050. The summed E-state index contributed by atoms with van der Waals surface area (Å²) in [7, 11) is 0. The van der Waals surface area contributed by atoms with Gasteiger partial charge < -0.3 is 9.30 Å². The zero-order valence-electron chi connectivity index (χ0n) is 13.3. The smallest absolute Gasteiger partial charge is 0.340 e. The van der Waals surface area contributed by atoms with Crippen LogP contribution in [0.15, 0.2) is 66.9 Å². The first-order valence-corrected chi connectivity index (χ1v) is 7.91. The van der Waals surface area contributed by atoms with Crippen molar-refractivity contribution in [2.75, 3.05) is 6.61 Å². The third kappa shape index (κ3) is 2.33. The first-order valence-electron chi connectivity index (χ1n) is 7.91. The maximum atomic E-state index is 12.3. The number of para-hydroxylation sites is 2. The van der Waals surface area contributed by atoms with E-state index in [9.17, 15) is 4.79 Å². The van der Waals surface area contributed by atoms with Gasteiger partial charge in [0.05, 0.1) is 23.2 Å². The van der Waals surface area contributed by atoms with Crippen LogP contribution in [0.3, 0.4) is 0 Å². The second kappa shape index (κ2) is 5.81. The molecule has 0 atom stereocenters. The van der Waals surface area contributed by atoms with Crippen molar-refractivity contribution in [3.63, 3.8) is 0 Å². The molecule has 0 amide bonds. The minimum atomic E-state index is -0.312. The second-order valence-corrected chi connectivity index (χ2v) is 5.51. The first-order chi connectivity index (χ1) is 11.8. The van der Waals surface area contributed by atoms with Crippen molar-refractivity contribution < 1.29 is 9.53 Å². The Morgan fingerprint density at radius 3 is 2.71 bits per heavy atom. The number of carbonyl (C=O) groups is 1. The van der Waals surface area contributed by atoms with E-state index in [1.807, 2.05) is 72.2 Å². The van der Waals surface area contributed by atoms with Crippen LogP contribution in [0.1, 0.15) is 17.3 Å². The summed E-state index contributed by atoms with van der Waals surface area (Å²) < 4.78 is 7.12. The van der Waals surface area contributed by atoms with Gasteiger partial charge in [0.1, 0.15) is 5.82 Å². The number of nitrogens with zero attached hydrogens (tertiary/aromatic N) is 2. The van der Waals surface area contributed by atoms with Crippen LogP contribution in [0.4, 0.5) is 0 Å². The maximum absolute atomic E-state index is 12.3. The molecule has 0 radical (unpaired) electrons. The minimum absolute atomic E-state index is 0.312. The predicted molar refractivity (Wildman–Crippen MR) is 94.5 cm³/mol. The van der Waals surface area contributed by atoms with Crippen LogP contribution in [0.25, 0.3) is 27.6 Å². The van der Waals surface area contributed by atoms with Gasteiger partial charge in [0.25, 0.3) is 0 Å². The van der Waals surface area contributed by atoms with Crippen molar-refractivity contribution in [1.82, 2.24) is 9.55 Å². The van der Waals surface area contributed by atoms with Gasteiger partial charge in [0.2, 0.25) is 0 Å². The van der Waals surface area contributed by atoms with Gasteiger partial charge >= 0.3 is 5.97 Å². The van der Waals surface area contributed by atoms with Gasteiger partial charge in [-0.1, -0.05) is 36.4 Å². The Hall–Kier alpha value is -3.14. The molecule has 2 heterocycles. The molecule has 0 aliphatic heterocycles. The highest BCUT2D eigenvalue weighted by molar-refractivity contribution is 6.04. The number of ether oxygens (including phenoxy) is 1. The summed E-state index contributed by atoms with van der Waals surface area (Å²) in [6.07, 6.45) is 1.81. The summed E-state index contributed by atoms with van der Waals surface area (Å²) in [6, 6.07) is 19.8. The van der Waals surface area contributed by atoms with Gasteiger partial charge in [0, 0.05) is 17.0 Å². The summed E-state index contributed by atoms with van der Waals surface area (Å²) in [5.41, 5.74) is 2.41. The number of rotatable bonds is 3. The van der Waals surface area contributed by atoms with Gasteiger partial charge in [-0.2, -0.15) is 0 Å². The molecule has 0 unspecified atom stereocenters.